The molecule has 3 rings (SSSR count). The van der Waals surface area contributed by atoms with Gasteiger partial charge >= 0.3 is 0 Å². The lowest BCUT2D eigenvalue weighted by molar-refractivity contribution is -0.115. The van der Waals surface area contributed by atoms with Gasteiger partial charge in [-0.15, -0.1) is 0 Å². The lowest BCUT2D eigenvalue weighted by atomic mass is 9.88. The molecule has 3 heteroatoms. The minimum absolute atomic E-state index is 0.0651. The molecule has 0 saturated heterocycles. The third-order valence-corrected chi connectivity index (χ3v) is 4.67. The Hall–Kier alpha value is -2.16. The first kappa shape index (κ1) is 15.7. The Balaban J connectivity index is 1.71. The van der Waals surface area contributed by atoms with Crippen molar-refractivity contribution in [2.45, 2.75) is 46.0 Å². The van der Waals surface area contributed by atoms with Crippen molar-refractivity contribution in [1.29, 1.82) is 0 Å². The Kier molecular flexibility index (Phi) is 4.20. The Morgan fingerprint density at radius 1 is 1.30 bits per heavy atom. The molecule has 0 aromatic heterocycles. The maximum absolute atomic E-state index is 12.4. The number of rotatable bonds is 4. The summed E-state index contributed by atoms with van der Waals surface area (Å²) in [7, 11) is 0. The van der Waals surface area contributed by atoms with Crippen molar-refractivity contribution < 1.29 is 14.3 Å². The predicted octanol–water partition coefficient (Wildman–Crippen LogP) is 4.38. The van der Waals surface area contributed by atoms with E-state index in [1.807, 2.05) is 38.1 Å². The molecule has 1 aromatic carbocycles. The molecule has 23 heavy (non-hydrogen) atoms. The molecule has 0 bridgehead atoms. The van der Waals surface area contributed by atoms with Crippen LogP contribution in [0.4, 0.5) is 0 Å². The number of benzene rings is 1. The fourth-order valence-corrected chi connectivity index (χ4v) is 3.35. The molecule has 0 amide bonds. The average molecular weight is 310 g/mol. The van der Waals surface area contributed by atoms with Gasteiger partial charge in [-0.05, 0) is 37.5 Å². The first-order valence-corrected chi connectivity index (χ1v) is 8.15. The molecule has 1 aliphatic heterocycles. The maximum Gasteiger partial charge on any atom is 0.163 e. The molecule has 0 spiro atoms. The van der Waals surface area contributed by atoms with Crippen LogP contribution in [0.5, 0.6) is 5.75 Å². The first-order chi connectivity index (χ1) is 11.0. The highest BCUT2D eigenvalue weighted by Crippen LogP contribution is 2.34. The van der Waals surface area contributed by atoms with Gasteiger partial charge in [0.15, 0.2) is 11.6 Å². The molecule has 1 aliphatic carbocycles. The van der Waals surface area contributed by atoms with Crippen molar-refractivity contribution in [2.75, 3.05) is 6.61 Å². The fourth-order valence-electron chi connectivity index (χ4n) is 3.35. The van der Waals surface area contributed by atoms with Crippen molar-refractivity contribution in [3.05, 3.63) is 52.1 Å². The summed E-state index contributed by atoms with van der Waals surface area (Å²) in [6.07, 6.45) is 3.40. The molecule has 0 N–H and O–H groups in total. The van der Waals surface area contributed by atoms with Crippen molar-refractivity contribution >= 4 is 11.6 Å². The molecule has 120 valence electrons. The number of allylic oxidation sites excluding steroid dienone is 4. The second-order valence-electron chi connectivity index (χ2n) is 6.64. The van der Waals surface area contributed by atoms with Crippen LogP contribution in [0.1, 0.15) is 61.9 Å². The molecule has 0 saturated carbocycles. The van der Waals surface area contributed by atoms with E-state index in [-0.39, 0.29) is 11.6 Å². The standard InChI is InChI=1S/C20H22O3/c1-12-8-13(2)16(19(22)9-12)6-7-18(21)15-4-5-17-14(3)11-23-20(17)10-15/h4-5,8,10,14H,6-7,9,11H2,1-3H3. The van der Waals surface area contributed by atoms with Crippen LogP contribution in [-0.4, -0.2) is 18.2 Å². The number of Topliss-reactive ketones (excluding diaryl/α,β-unsaturated/α-hetero) is 2. The Labute approximate surface area is 137 Å². The largest absolute Gasteiger partial charge is 0.493 e. The molecule has 3 nitrogen and oxygen atoms in total. The van der Waals surface area contributed by atoms with Crippen LogP contribution in [0.3, 0.4) is 0 Å². The summed E-state index contributed by atoms with van der Waals surface area (Å²) in [6.45, 7) is 6.71. The van der Waals surface area contributed by atoms with Gasteiger partial charge in [0, 0.05) is 29.9 Å². The van der Waals surface area contributed by atoms with Gasteiger partial charge in [-0.3, -0.25) is 9.59 Å². The summed E-state index contributed by atoms with van der Waals surface area (Å²) >= 11 is 0. The lowest BCUT2D eigenvalue weighted by Gasteiger charge is -2.15. The third-order valence-electron chi connectivity index (χ3n) is 4.67. The van der Waals surface area contributed by atoms with Gasteiger partial charge in [0.05, 0.1) is 6.61 Å². The van der Waals surface area contributed by atoms with Crippen LogP contribution >= 0.6 is 0 Å². The van der Waals surface area contributed by atoms with E-state index in [2.05, 4.69) is 6.92 Å². The summed E-state index contributed by atoms with van der Waals surface area (Å²) in [6, 6.07) is 5.71. The molecule has 1 heterocycles. The molecule has 1 unspecified atom stereocenters. The second-order valence-corrected chi connectivity index (χ2v) is 6.64. The summed E-state index contributed by atoms with van der Waals surface area (Å²) in [4.78, 5) is 24.6. The lowest BCUT2D eigenvalue weighted by Crippen LogP contribution is -2.11. The SMILES string of the molecule is CC1=CC(C)=C(CCC(=O)c2ccc3c(c2)OCC3C)C(=O)C1. The zero-order valence-electron chi connectivity index (χ0n) is 13.9. The number of hydrogen-bond donors (Lipinski definition) is 0. The highest BCUT2D eigenvalue weighted by atomic mass is 16.5. The van der Waals surface area contributed by atoms with E-state index < -0.39 is 0 Å². The molecule has 0 fully saturated rings. The zero-order valence-corrected chi connectivity index (χ0v) is 13.9. The fraction of sp³-hybridized carbons (Fsp3) is 0.400. The van der Waals surface area contributed by atoms with Crippen molar-refractivity contribution in [1.82, 2.24) is 0 Å². The second kappa shape index (κ2) is 6.15. The van der Waals surface area contributed by atoms with Crippen LogP contribution in [0.15, 0.2) is 41.0 Å². The summed E-state index contributed by atoms with van der Waals surface area (Å²) < 4.78 is 5.62. The Morgan fingerprint density at radius 3 is 2.83 bits per heavy atom. The topological polar surface area (TPSA) is 43.4 Å². The van der Waals surface area contributed by atoms with E-state index in [0.29, 0.717) is 37.4 Å². The van der Waals surface area contributed by atoms with E-state index in [1.165, 1.54) is 5.56 Å². The summed E-state index contributed by atoms with van der Waals surface area (Å²) in [5.74, 6) is 1.43. The van der Waals surface area contributed by atoms with Crippen LogP contribution in [0.25, 0.3) is 0 Å². The van der Waals surface area contributed by atoms with Crippen molar-refractivity contribution in [2.24, 2.45) is 0 Å². The van der Waals surface area contributed by atoms with E-state index in [1.54, 1.807) is 0 Å². The van der Waals surface area contributed by atoms with Gasteiger partial charge in [0.2, 0.25) is 0 Å². The number of carbonyl (C=O) groups excluding carboxylic acids is 2. The molecular weight excluding hydrogens is 288 g/mol. The van der Waals surface area contributed by atoms with E-state index >= 15 is 0 Å². The minimum atomic E-state index is 0.0651. The molecule has 1 atom stereocenters. The van der Waals surface area contributed by atoms with Crippen LogP contribution in [0.2, 0.25) is 0 Å². The number of ether oxygens (including phenoxy) is 1. The highest BCUT2D eigenvalue weighted by Gasteiger charge is 2.22. The van der Waals surface area contributed by atoms with E-state index in [9.17, 15) is 9.59 Å². The zero-order chi connectivity index (χ0) is 16.6. The molecular formula is C20H22O3. The van der Waals surface area contributed by atoms with Gasteiger partial charge in [0.1, 0.15) is 5.75 Å². The van der Waals surface area contributed by atoms with Gasteiger partial charge in [-0.2, -0.15) is 0 Å². The first-order valence-electron chi connectivity index (χ1n) is 8.15. The summed E-state index contributed by atoms with van der Waals surface area (Å²) in [5.41, 5.74) is 4.73. The predicted molar refractivity (Wildman–Crippen MR) is 90.0 cm³/mol. The Bertz CT molecular complexity index is 737. The average Bonchev–Trinajstić information content (AvgIpc) is 2.87. The van der Waals surface area contributed by atoms with E-state index in [0.717, 1.165) is 22.5 Å². The third kappa shape index (κ3) is 3.14. The van der Waals surface area contributed by atoms with Crippen LogP contribution in [0, 0.1) is 0 Å². The highest BCUT2D eigenvalue weighted by molar-refractivity contribution is 6.01. The molecule has 2 aliphatic rings. The smallest absolute Gasteiger partial charge is 0.163 e. The van der Waals surface area contributed by atoms with Gasteiger partial charge in [-0.25, -0.2) is 0 Å². The maximum atomic E-state index is 12.4. The number of hydrogen-bond acceptors (Lipinski definition) is 3. The van der Waals surface area contributed by atoms with Crippen molar-refractivity contribution in [3.63, 3.8) is 0 Å². The van der Waals surface area contributed by atoms with E-state index in [4.69, 9.17) is 4.74 Å². The normalized spacial score (nSPS) is 20.2. The number of fused-ring (bicyclic) bond motifs is 1. The quantitative estimate of drug-likeness (QED) is 0.775. The molecule has 0 radical (unpaired) electrons. The summed E-state index contributed by atoms with van der Waals surface area (Å²) in [5, 5.41) is 0. The number of ketones is 2. The number of carbonyl (C=O) groups is 2. The van der Waals surface area contributed by atoms with Crippen LogP contribution < -0.4 is 4.74 Å². The Morgan fingerprint density at radius 2 is 2.09 bits per heavy atom. The van der Waals surface area contributed by atoms with Crippen molar-refractivity contribution in [3.8, 4) is 5.75 Å². The van der Waals surface area contributed by atoms with Gasteiger partial charge < -0.3 is 4.74 Å². The molecule has 1 aromatic rings. The minimum Gasteiger partial charge on any atom is -0.493 e. The van der Waals surface area contributed by atoms with Crippen LogP contribution in [-0.2, 0) is 4.79 Å². The van der Waals surface area contributed by atoms with Gasteiger partial charge in [0.25, 0.3) is 0 Å². The monoisotopic (exact) mass is 310 g/mol. The van der Waals surface area contributed by atoms with Gasteiger partial charge in [-0.1, -0.05) is 30.7 Å².